The van der Waals surface area contributed by atoms with Crippen LogP contribution in [0.1, 0.15) is 28.8 Å². The molecule has 0 N–H and O–H groups in total. The summed E-state index contributed by atoms with van der Waals surface area (Å²) in [4.78, 5) is 14.8. The van der Waals surface area contributed by atoms with Crippen LogP contribution in [0.25, 0.3) is 5.52 Å². The lowest BCUT2D eigenvalue weighted by molar-refractivity contribution is 0.0634. The van der Waals surface area contributed by atoms with Gasteiger partial charge in [-0.2, -0.15) is 5.10 Å². The number of likely N-dealkylation sites (tertiary alicyclic amines) is 1. The molecule has 1 aliphatic heterocycles. The van der Waals surface area contributed by atoms with Gasteiger partial charge >= 0.3 is 0 Å². The van der Waals surface area contributed by atoms with Gasteiger partial charge in [0.2, 0.25) is 0 Å². The average Bonchev–Trinajstić information content (AvgIpc) is 3.16. The van der Waals surface area contributed by atoms with Crippen molar-refractivity contribution in [1.82, 2.24) is 14.5 Å². The second kappa shape index (κ2) is 7.91. The lowest BCUT2D eigenvalue weighted by Gasteiger charge is -2.32. The first-order chi connectivity index (χ1) is 13.5. The zero-order valence-electron chi connectivity index (χ0n) is 15.6. The quantitative estimate of drug-likeness (QED) is 0.556. The van der Waals surface area contributed by atoms with Crippen LogP contribution in [0.5, 0.6) is 5.75 Å². The van der Waals surface area contributed by atoms with Crippen LogP contribution in [0.2, 0.25) is 0 Å². The Labute approximate surface area is 171 Å². The van der Waals surface area contributed by atoms with Crippen molar-refractivity contribution in [3.05, 3.63) is 64.1 Å². The molecule has 7 heteroatoms. The maximum atomic E-state index is 14.3. The fourth-order valence-electron chi connectivity index (χ4n) is 3.67. The molecule has 1 aliphatic rings. The number of amides is 1. The van der Waals surface area contributed by atoms with E-state index in [1.54, 1.807) is 11.0 Å². The minimum absolute atomic E-state index is 0.187. The van der Waals surface area contributed by atoms with Crippen LogP contribution in [0.3, 0.4) is 0 Å². The van der Waals surface area contributed by atoms with Gasteiger partial charge in [-0.05, 0) is 59.5 Å². The Morgan fingerprint density at radius 3 is 2.96 bits per heavy atom. The van der Waals surface area contributed by atoms with Gasteiger partial charge in [0.15, 0.2) is 0 Å². The lowest BCUT2D eigenvalue weighted by Crippen LogP contribution is -2.41. The molecule has 0 saturated carbocycles. The number of para-hydroxylation sites is 1. The van der Waals surface area contributed by atoms with Crippen LogP contribution in [0.15, 0.2) is 47.2 Å². The number of pyridine rings is 1. The first-order valence-electron chi connectivity index (χ1n) is 9.34. The molecule has 1 fully saturated rings. The number of aryl methyl sites for hydroxylation is 1. The molecular formula is C21H21BrFN3O2. The van der Waals surface area contributed by atoms with E-state index in [9.17, 15) is 9.18 Å². The average molecular weight is 446 g/mol. The van der Waals surface area contributed by atoms with Crippen LogP contribution in [-0.2, 0) is 0 Å². The van der Waals surface area contributed by atoms with E-state index in [-0.39, 0.29) is 17.3 Å². The Morgan fingerprint density at radius 2 is 2.14 bits per heavy atom. The molecule has 3 heterocycles. The van der Waals surface area contributed by atoms with Gasteiger partial charge in [-0.1, -0.05) is 18.2 Å². The molecule has 2 aromatic heterocycles. The van der Waals surface area contributed by atoms with Crippen molar-refractivity contribution in [2.45, 2.75) is 19.8 Å². The number of aromatic nitrogens is 2. The summed E-state index contributed by atoms with van der Waals surface area (Å²) in [5, 5.41) is 4.16. The minimum atomic E-state index is -0.458. The molecule has 0 aliphatic carbocycles. The van der Waals surface area contributed by atoms with Crippen LogP contribution in [0, 0.1) is 18.7 Å². The fraction of sp³-hybridized carbons (Fsp3) is 0.333. The first kappa shape index (κ1) is 18.9. The number of carbonyl (C=O) groups excluding carboxylic acids is 1. The summed E-state index contributed by atoms with van der Waals surface area (Å²) in [5.41, 5.74) is 1.59. The zero-order chi connectivity index (χ0) is 19.7. The smallest absolute Gasteiger partial charge is 0.257 e. The van der Waals surface area contributed by atoms with Gasteiger partial charge in [0.1, 0.15) is 21.7 Å². The standard InChI is InChI=1S/C21H21BrFN3O2/c1-14-5-2-3-7-18(14)28-13-15-6-4-10-25(12-15)21(27)16-11-24-26-19(22)9-8-17(23)20(16)26/h2-3,5,7-9,11,15H,4,6,10,12-13H2,1H3. The highest BCUT2D eigenvalue weighted by Crippen LogP contribution is 2.25. The molecule has 1 unspecified atom stereocenters. The van der Waals surface area contributed by atoms with Gasteiger partial charge in [0.25, 0.3) is 5.91 Å². The predicted octanol–water partition coefficient (Wildman–Crippen LogP) is 4.48. The number of benzene rings is 1. The van der Waals surface area contributed by atoms with Gasteiger partial charge in [0, 0.05) is 19.0 Å². The van der Waals surface area contributed by atoms with Crippen molar-refractivity contribution in [2.24, 2.45) is 5.92 Å². The van der Waals surface area contributed by atoms with Crippen molar-refractivity contribution in [1.29, 1.82) is 0 Å². The SMILES string of the molecule is Cc1ccccc1OCC1CCCN(C(=O)c2cnn3c(Br)ccc(F)c23)C1. The second-order valence-corrected chi connectivity index (χ2v) is 7.97. The van der Waals surface area contributed by atoms with Gasteiger partial charge < -0.3 is 9.64 Å². The minimum Gasteiger partial charge on any atom is -0.493 e. The highest BCUT2D eigenvalue weighted by atomic mass is 79.9. The largest absolute Gasteiger partial charge is 0.493 e. The molecule has 1 amide bonds. The number of carbonyl (C=O) groups is 1. The predicted molar refractivity (Wildman–Crippen MR) is 108 cm³/mol. The number of nitrogens with zero attached hydrogens (tertiary/aromatic N) is 3. The number of rotatable bonds is 4. The van der Waals surface area contributed by atoms with Crippen LogP contribution in [-0.4, -0.2) is 40.1 Å². The molecule has 0 bridgehead atoms. The highest BCUT2D eigenvalue weighted by Gasteiger charge is 2.28. The Morgan fingerprint density at radius 1 is 1.32 bits per heavy atom. The summed E-state index contributed by atoms with van der Waals surface area (Å²) in [6.07, 6.45) is 3.35. The van der Waals surface area contributed by atoms with E-state index in [2.05, 4.69) is 21.0 Å². The van der Waals surface area contributed by atoms with Gasteiger partial charge in [0.05, 0.1) is 18.4 Å². The van der Waals surface area contributed by atoms with Crippen LogP contribution >= 0.6 is 15.9 Å². The molecule has 0 radical (unpaired) electrons. The third-order valence-electron chi connectivity index (χ3n) is 5.17. The maximum absolute atomic E-state index is 14.3. The molecule has 0 spiro atoms. The Kier molecular flexibility index (Phi) is 5.35. The van der Waals surface area contributed by atoms with Crippen molar-refractivity contribution < 1.29 is 13.9 Å². The first-order valence-corrected chi connectivity index (χ1v) is 10.1. The van der Waals surface area contributed by atoms with Gasteiger partial charge in [-0.3, -0.25) is 4.79 Å². The summed E-state index contributed by atoms with van der Waals surface area (Å²) in [5.74, 6) is 0.476. The van der Waals surface area contributed by atoms with Crippen molar-refractivity contribution >= 4 is 27.4 Å². The molecule has 4 rings (SSSR count). The molecule has 1 aromatic carbocycles. The highest BCUT2D eigenvalue weighted by molar-refractivity contribution is 9.10. The Hall–Kier alpha value is -2.41. The maximum Gasteiger partial charge on any atom is 0.257 e. The summed E-state index contributed by atoms with van der Waals surface area (Å²) in [7, 11) is 0. The number of piperidine rings is 1. The molecular weight excluding hydrogens is 425 g/mol. The van der Waals surface area contributed by atoms with Crippen molar-refractivity contribution in [3.8, 4) is 5.75 Å². The summed E-state index contributed by atoms with van der Waals surface area (Å²) in [6.45, 7) is 3.83. The summed E-state index contributed by atoms with van der Waals surface area (Å²) in [6, 6.07) is 10.8. The molecule has 5 nitrogen and oxygen atoms in total. The van der Waals surface area contributed by atoms with E-state index in [1.165, 1.54) is 16.8 Å². The normalized spacial score (nSPS) is 17.1. The Bertz CT molecular complexity index is 1020. The lowest BCUT2D eigenvalue weighted by atomic mass is 9.98. The molecule has 1 atom stereocenters. The second-order valence-electron chi connectivity index (χ2n) is 7.16. The van der Waals surface area contributed by atoms with E-state index in [0.29, 0.717) is 29.9 Å². The van der Waals surface area contributed by atoms with E-state index in [4.69, 9.17) is 4.74 Å². The summed E-state index contributed by atoms with van der Waals surface area (Å²) < 4.78 is 22.3. The van der Waals surface area contributed by atoms with Crippen LogP contribution in [0.4, 0.5) is 4.39 Å². The monoisotopic (exact) mass is 445 g/mol. The molecule has 146 valence electrons. The fourth-order valence-corrected chi connectivity index (χ4v) is 4.07. The number of fused-ring (bicyclic) bond motifs is 1. The van der Waals surface area contributed by atoms with Crippen molar-refractivity contribution in [3.63, 3.8) is 0 Å². The molecule has 1 saturated heterocycles. The van der Waals surface area contributed by atoms with E-state index >= 15 is 0 Å². The van der Waals surface area contributed by atoms with Gasteiger partial charge in [-0.15, -0.1) is 0 Å². The van der Waals surface area contributed by atoms with E-state index in [0.717, 1.165) is 24.2 Å². The van der Waals surface area contributed by atoms with Gasteiger partial charge in [-0.25, -0.2) is 8.91 Å². The van der Waals surface area contributed by atoms with E-state index in [1.807, 2.05) is 31.2 Å². The topological polar surface area (TPSA) is 46.8 Å². The zero-order valence-corrected chi connectivity index (χ0v) is 17.2. The number of hydrogen-bond donors (Lipinski definition) is 0. The molecule has 28 heavy (non-hydrogen) atoms. The number of hydrogen-bond acceptors (Lipinski definition) is 3. The number of ether oxygens (including phenoxy) is 1. The third-order valence-corrected chi connectivity index (χ3v) is 5.77. The number of halogens is 2. The third kappa shape index (κ3) is 3.63. The van der Waals surface area contributed by atoms with Crippen LogP contribution < -0.4 is 4.74 Å². The molecule has 3 aromatic rings. The van der Waals surface area contributed by atoms with E-state index < -0.39 is 5.82 Å². The van der Waals surface area contributed by atoms with Crippen molar-refractivity contribution in [2.75, 3.05) is 19.7 Å². The Balaban J connectivity index is 1.48. The summed E-state index contributed by atoms with van der Waals surface area (Å²) >= 11 is 3.34.